The topological polar surface area (TPSA) is 144 Å². The molecule has 8 heterocycles. The van der Waals surface area contributed by atoms with Gasteiger partial charge in [-0.05, 0) is 80.6 Å². The van der Waals surface area contributed by atoms with Crippen LogP contribution in [0.3, 0.4) is 0 Å². The van der Waals surface area contributed by atoms with Crippen molar-refractivity contribution in [3.63, 3.8) is 0 Å². The van der Waals surface area contributed by atoms with Crippen LogP contribution in [0.15, 0.2) is 104 Å². The summed E-state index contributed by atoms with van der Waals surface area (Å²) in [4.78, 5) is 18.4. The van der Waals surface area contributed by atoms with Crippen LogP contribution in [0.4, 0.5) is 13.2 Å². The Labute approximate surface area is 331 Å². The molecule has 0 aromatic carbocycles. The molecule has 1 unspecified atom stereocenters. The van der Waals surface area contributed by atoms with Crippen molar-refractivity contribution in [2.75, 3.05) is 0 Å². The number of nitriles is 2. The fraction of sp³-hybridized carbons (Fsp3) is 0.256. The Kier molecular flexibility index (Phi) is 9.39. The van der Waals surface area contributed by atoms with E-state index in [1.165, 1.54) is 10.9 Å². The molecule has 58 heavy (non-hydrogen) atoms. The van der Waals surface area contributed by atoms with Crippen LogP contribution in [0.25, 0.3) is 56.1 Å². The summed E-state index contributed by atoms with van der Waals surface area (Å²) in [5, 5.41) is 28.3. The van der Waals surface area contributed by atoms with Crippen molar-refractivity contribution in [2.45, 2.75) is 59.8 Å². The number of rotatable bonds is 11. The minimum Gasteiger partial charge on any atom is -0.307 e. The number of halogens is 3. The summed E-state index contributed by atoms with van der Waals surface area (Å²) in [6, 6.07) is 18.9. The highest BCUT2D eigenvalue weighted by Gasteiger charge is 2.47. The number of nitrogens with zero attached hydrogens (tertiary/aromatic N) is 12. The van der Waals surface area contributed by atoms with E-state index in [1.807, 2.05) is 81.0 Å². The lowest BCUT2D eigenvalue weighted by Crippen LogP contribution is -2.36. The highest BCUT2D eigenvalue weighted by atomic mass is 19.4. The van der Waals surface area contributed by atoms with Crippen LogP contribution in [-0.2, 0) is 19.5 Å². The van der Waals surface area contributed by atoms with Gasteiger partial charge >= 0.3 is 6.18 Å². The number of alkyl halides is 3. The van der Waals surface area contributed by atoms with Crippen LogP contribution in [0, 0.1) is 33.5 Å². The molecule has 1 atom stereocenters. The molecule has 8 rings (SSSR count). The standard InChI is InChI=1S/C43H37F3N12/c1-5-42(4,27-57-25-31(22-52-57)36-9-7-32(19-47)53-39(36)28-10-13-55-15-12-49-37(55)16-28)18-34-23-50-38-17-29(11-14-58(34)38)40-35(8-6-33(20-48)54-40)30-21-51-56(24-30)26-41(2,3)43(44,45)46/h6-17,21-25H,5,18,26-27H2,1-4H3. The van der Waals surface area contributed by atoms with Gasteiger partial charge in [-0.25, -0.2) is 19.9 Å². The molecular weight excluding hydrogens is 742 g/mol. The predicted molar refractivity (Wildman–Crippen MR) is 211 cm³/mol. The lowest BCUT2D eigenvalue weighted by atomic mass is 9.83. The van der Waals surface area contributed by atoms with Crippen molar-refractivity contribution < 1.29 is 13.2 Å². The molecule has 0 amide bonds. The van der Waals surface area contributed by atoms with Crippen LogP contribution in [0.2, 0.25) is 0 Å². The summed E-state index contributed by atoms with van der Waals surface area (Å²) in [6.45, 7) is 6.93. The molecule has 0 spiro atoms. The Hall–Kier alpha value is -7.13. The van der Waals surface area contributed by atoms with Gasteiger partial charge in [0.1, 0.15) is 34.8 Å². The van der Waals surface area contributed by atoms with Gasteiger partial charge in [0.15, 0.2) is 0 Å². The van der Waals surface area contributed by atoms with Crippen molar-refractivity contribution in [1.82, 2.24) is 48.3 Å². The zero-order valence-corrected chi connectivity index (χ0v) is 32.1. The summed E-state index contributed by atoms with van der Waals surface area (Å²) in [6.07, 6.45) is 13.4. The van der Waals surface area contributed by atoms with Gasteiger partial charge in [0.05, 0.1) is 35.7 Å². The van der Waals surface area contributed by atoms with E-state index < -0.39 is 11.6 Å². The summed E-state index contributed by atoms with van der Waals surface area (Å²) < 4.78 is 48.0. The number of pyridine rings is 4. The average molecular weight is 779 g/mol. The fourth-order valence-corrected chi connectivity index (χ4v) is 7.11. The third-order valence-electron chi connectivity index (χ3n) is 10.8. The van der Waals surface area contributed by atoms with E-state index in [2.05, 4.69) is 46.0 Å². The highest BCUT2D eigenvalue weighted by molar-refractivity contribution is 5.83. The van der Waals surface area contributed by atoms with Gasteiger partial charge in [-0.2, -0.15) is 33.9 Å². The molecule has 0 radical (unpaired) electrons. The molecule has 0 saturated carbocycles. The molecule has 8 aromatic heterocycles. The Morgan fingerprint density at radius 2 is 1.26 bits per heavy atom. The van der Waals surface area contributed by atoms with E-state index in [1.54, 1.807) is 30.6 Å². The van der Waals surface area contributed by atoms with Crippen LogP contribution in [0.1, 0.15) is 51.2 Å². The van der Waals surface area contributed by atoms with E-state index in [0.717, 1.165) is 48.3 Å². The molecule has 0 saturated heterocycles. The smallest absolute Gasteiger partial charge is 0.307 e. The summed E-state index contributed by atoms with van der Waals surface area (Å²) in [5.41, 5.74) is 6.44. The van der Waals surface area contributed by atoms with E-state index in [9.17, 15) is 23.7 Å². The molecule has 8 aromatic rings. The maximum Gasteiger partial charge on any atom is 0.395 e. The van der Waals surface area contributed by atoms with Gasteiger partial charge in [-0.3, -0.25) is 9.36 Å². The number of hydrogen-bond acceptors (Lipinski definition) is 8. The monoisotopic (exact) mass is 778 g/mol. The Bertz CT molecular complexity index is 2900. The normalized spacial score (nSPS) is 13.1. The van der Waals surface area contributed by atoms with Crippen LogP contribution in [0.5, 0.6) is 0 Å². The second-order valence-electron chi connectivity index (χ2n) is 15.5. The zero-order valence-electron chi connectivity index (χ0n) is 32.1. The van der Waals surface area contributed by atoms with Gasteiger partial charge in [0.25, 0.3) is 0 Å². The molecule has 290 valence electrons. The highest BCUT2D eigenvalue weighted by Crippen LogP contribution is 2.40. The molecule has 0 aliphatic heterocycles. The maximum atomic E-state index is 13.6. The molecule has 0 aliphatic rings. The SMILES string of the molecule is CCC(C)(Cc1cnc2cc(-c3nc(C#N)ccc3-c3cnn(CC(C)(C)C(F)(F)F)c3)ccn12)Cn1cc(-c2ccc(C#N)nc2-c2ccn3ccnc3c2)cn1. The van der Waals surface area contributed by atoms with Gasteiger partial charge in [0, 0.05) is 89.0 Å². The molecule has 0 bridgehead atoms. The minimum atomic E-state index is -4.40. The van der Waals surface area contributed by atoms with E-state index in [-0.39, 0.29) is 17.7 Å². The number of imidazole rings is 2. The Balaban J connectivity index is 1.05. The molecule has 0 fully saturated rings. The molecular formula is C43H37F3N12. The summed E-state index contributed by atoms with van der Waals surface area (Å²) in [5.74, 6) is 0. The number of aromatic nitrogens is 10. The van der Waals surface area contributed by atoms with Crippen molar-refractivity contribution in [2.24, 2.45) is 10.8 Å². The lowest BCUT2D eigenvalue weighted by Gasteiger charge is -2.28. The van der Waals surface area contributed by atoms with Crippen molar-refractivity contribution in [1.29, 1.82) is 10.5 Å². The second kappa shape index (κ2) is 14.4. The van der Waals surface area contributed by atoms with Crippen LogP contribution >= 0.6 is 0 Å². The van der Waals surface area contributed by atoms with Crippen LogP contribution in [-0.4, -0.2) is 54.5 Å². The molecule has 0 aliphatic carbocycles. The van der Waals surface area contributed by atoms with E-state index >= 15 is 0 Å². The van der Waals surface area contributed by atoms with Crippen molar-refractivity contribution in [3.05, 3.63) is 121 Å². The van der Waals surface area contributed by atoms with Crippen molar-refractivity contribution >= 4 is 11.3 Å². The Morgan fingerprint density at radius 1 is 0.672 bits per heavy atom. The Morgan fingerprint density at radius 3 is 1.84 bits per heavy atom. The van der Waals surface area contributed by atoms with E-state index in [0.29, 0.717) is 52.4 Å². The van der Waals surface area contributed by atoms with Crippen LogP contribution < -0.4 is 0 Å². The van der Waals surface area contributed by atoms with Gasteiger partial charge in [-0.15, -0.1) is 0 Å². The first kappa shape index (κ1) is 37.8. The first-order valence-corrected chi connectivity index (χ1v) is 18.6. The van der Waals surface area contributed by atoms with Gasteiger partial charge < -0.3 is 8.80 Å². The third kappa shape index (κ3) is 7.18. The second-order valence-corrected chi connectivity index (χ2v) is 15.5. The minimum absolute atomic E-state index is 0.205. The van der Waals surface area contributed by atoms with Gasteiger partial charge in [0.2, 0.25) is 0 Å². The number of fused-ring (bicyclic) bond motifs is 2. The summed E-state index contributed by atoms with van der Waals surface area (Å²) >= 11 is 0. The summed E-state index contributed by atoms with van der Waals surface area (Å²) in [7, 11) is 0. The fourth-order valence-electron chi connectivity index (χ4n) is 7.11. The third-order valence-corrected chi connectivity index (χ3v) is 10.8. The quantitative estimate of drug-likeness (QED) is 0.127. The van der Waals surface area contributed by atoms with E-state index in [4.69, 9.17) is 10.1 Å². The molecule has 15 heteroatoms. The first-order chi connectivity index (χ1) is 27.8. The number of hydrogen-bond donors (Lipinski definition) is 0. The van der Waals surface area contributed by atoms with Crippen molar-refractivity contribution in [3.8, 4) is 56.9 Å². The average Bonchev–Trinajstić information content (AvgIpc) is 4.05. The maximum absolute atomic E-state index is 13.6. The first-order valence-electron chi connectivity index (χ1n) is 18.6. The molecule has 0 N–H and O–H groups in total. The van der Waals surface area contributed by atoms with Gasteiger partial charge in [-0.1, -0.05) is 13.8 Å². The predicted octanol–water partition coefficient (Wildman–Crippen LogP) is 8.82. The zero-order chi connectivity index (χ0) is 40.8. The molecule has 12 nitrogen and oxygen atoms in total. The lowest BCUT2D eigenvalue weighted by molar-refractivity contribution is -0.216. The largest absolute Gasteiger partial charge is 0.395 e.